The summed E-state index contributed by atoms with van der Waals surface area (Å²) < 4.78 is 28.6. The van der Waals surface area contributed by atoms with E-state index in [9.17, 15) is 13.2 Å². The van der Waals surface area contributed by atoms with Crippen LogP contribution in [0.3, 0.4) is 0 Å². The molecule has 134 valence electrons. The zero-order valence-corrected chi connectivity index (χ0v) is 15.1. The molecule has 0 saturated heterocycles. The first-order valence-electron chi connectivity index (χ1n) is 7.38. The number of rotatable bonds is 5. The fourth-order valence-corrected chi connectivity index (χ4v) is 3.62. The molecule has 8 nitrogen and oxygen atoms in total. The van der Waals surface area contributed by atoms with Crippen LogP contribution in [-0.4, -0.2) is 28.9 Å². The molecule has 0 fully saturated rings. The summed E-state index contributed by atoms with van der Waals surface area (Å²) >= 11 is 5.94. The predicted octanol–water partition coefficient (Wildman–Crippen LogP) is 2.52. The van der Waals surface area contributed by atoms with Crippen LogP contribution in [0.15, 0.2) is 60.1 Å². The van der Waals surface area contributed by atoms with Crippen molar-refractivity contribution in [2.24, 2.45) is 7.05 Å². The fraction of sp³-hybridized carbons (Fsp3) is 0.0625. The van der Waals surface area contributed by atoms with Crippen LogP contribution in [0.25, 0.3) is 0 Å². The highest BCUT2D eigenvalue weighted by molar-refractivity contribution is 7.92. The molecular weight excluding hydrogens is 378 g/mol. The third kappa shape index (κ3) is 3.84. The highest BCUT2D eigenvalue weighted by Gasteiger charge is 2.22. The van der Waals surface area contributed by atoms with E-state index in [1.54, 1.807) is 43.7 Å². The lowest BCUT2D eigenvalue weighted by Gasteiger charge is -2.09. The number of benzene rings is 1. The highest BCUT2D eigenvalue weighted by atomic mass is 35.5. The standard InChI is InChI=1S/C16H14ClN5O3S/c1-22-10-19-16(14(22)17)26(24,25)21-13-4-2-3-11(9-13)15(23)20-12-5-7-18-8-6-12/h2-10,21H,1H3,(H,18,20,23). The first-order chi connectivity index (χ1) is 12.4. The SMILES string of the molecule is Cn1cnc(S(=O)(=O)Nc2cccc(C(=O)Nc3ccncc3)c2)c1Cl. The molecular formula is C16H14ClN5O3S. The Morgan fingerprint density at radius 2 is 1.88 bits per heavy atom. The van der Waals surface area contributed by atoms with E-state index in [1.165, 1.54) is 23.0 Å². The van der Waals surface area contributed by atoms with E-state index in [-0.39, 0.29) is 27.3 Å². The lowest BCUT2D eigenvalue weighted by atomic mass is 10.2. The molecule has 10 heteroatoms. The Balaban J connectivity index is 1.81. The number of imidazole rings is 1. The smallest absolute Gasteiger partial charge is 0.282 e. The summed E-state index contributed by atoms with van der Waals surface area (Å²) in [5.41, 5.74) is 1.08. The van der Waals surface area contributed by atoms with Crippen molar-refractivity contribution >= 4 is 38.9 Å². The first-order valence-corrected chi connectivity index (χ1v) is 9.24. The molecule has 3 rings (SSSR count). The number of aryl methyl sites for hydroxylation is 1. The summed E-state index contributed by atoms with van der Waals surface area (Å²) in [5, 5.41) is 2.41. The Bertz CT molecular complexity index is 1050. The lowest BCUT2D eigenvalue weighted by molar-refractivity contribution is 0.102. The van der Waals surface area contributed by atoms with Crippen molar-refractivity contribution in [3.63, 3.8) is 0 Å². The Kier molecular flexibility index (Phi) is 4.92. The van der Waals surface area contributed by atoms with Gasteiger partial charge < -0.3 is 9.88 Å². The summed E-state index contributed by atoms with van der Waals surface area (Å²) in [4.78, 5) is 20.0. The zero-order valence-electron chi connectivity index (χ0n) is 13.5. The molecule has 1 aromatic carbocycles. The van der Waals surface area contributed by atoms with Gasteiger partial charge in [-0.2, -0.15) is 8.42 Å². The molecule has 2 heterocycles. The van der Waals surface area contributed by atoms with Crippen molar-refractivity contribution in [3.8, 4) is 0 Å². The number of nitrogens with zero attached hydrogens (tertiary/aromatic N) is 3. The van der Waals surface area contributed by atoms with Crippen LogP contribution in [0.5, 0.6) is 0 Å². The van der Waals surface area contributed by atoms with Crippen molar-refractivity contribution in [2.75, 3.05) is 10.0 Å². The molecule has 0 unspecified atom stereocenters. The Morgan fingerprint density at radius 3 is 2.54 bits per heavy atom. The Morgan fingerprint density at radius 1 is 1.15 bits per heavy atom. The van der Waals surface area contributed by atoms with E-state index in [4.69, 9.17) is 11.6 Å². The van der Waals surface area contributed by atoms with Crippen molar-refractivity contribution < 1.29 is 13.2 Å². The van der Waals surface area contributed by atoms with Gasteiger partial charge in [-0.1, -0.05) is 17.7 Å². The fourth-order valence-electron chi connectivity index (χ4n) is 2.14. The van der Waals surface area contributed by atoms with Crippen molar-refractivity contribution in [1.29, 1.82) is 0 Å². The first kappa shape index (κ1) is 17.9. The van der Waals surface area contributed by atoms with Crippen molar-refractivity contribution in [1.82, 2.24) is 14.5 Å². The van der Waals surface area contributed by atoms with Crippen LogP contribution in [0, 0.1) is 0 Å². The molecule has 3 aromatic rings. The minimum Gasteiger partial charge on any atom is -0.324 e. The average Bonchev–Trinajstić information content (AvgIpc) is 2.95. The van der Waals surface area contributed by atoms with Gasteiger partial charge in [-0.15, -0.1) is 0 Å². The molecule has 0 spiro atoms. The van der Waals surface area contributed by atoms with Gasteiger partial charge in [0.05, 0.1) is 6.33 Å². The molecule has 26 heavy (non-hydrogen) atoms. The molecule has 0 saturated carbocycles. The molecule has 0 atom stereocenters. The second kappa shape index (κ2) is 7.14. The average molecular weight is 392 g/mol. The van der Waals surface area contributed by atoms with Crippen LogP contribution in [0.2, 0.25) is 5.15 Å². The molecule has 0 radical (unpaired) electrons. The van der Waals surface area contributed by atoms with Gasteiger partial charge in [-0.25, -0.2) is 4.98 Å². The third-order valence-corrected chi connectivity index (χ3v) is 5.27. The van der Waals surface area contributed by atoms with E-state index < -0.39 is 10.0 Å². The van der Waals surface area contributed by atoms with Gasteiger partial charge in [0, 0.05) is 36.4 Å². The maximum absolute atomic E-state index is 12.4. The summed E-state index contributed by atoms with van der Waals surface area (Å²) in [6, 6.07) is 9.38. The van der Waals surface area contributed by atoms with Gasteiger partial charge in [-0.05, 0) is 30.3 Å². The molecule has 1 amide bonds. The molecule has 2 N–H and O–H groups in total. The Hall–Kier alpha value is -2.91. The highest BCUT2D eigenvalue weighted by Crippen LogP contribution is 2.22. The molecule has 0 aliphatic rings. The molecule has 0 aliphatic heterocycles. The number of hydrogen-bond acceptors (Lipinski definition) is 5. The summed E-state index contributed by atoms with van der Waals surface area (Å²) in [6.45, 7) is 0. The van der Waals surface area contributed by atoms with Gasteiger partial charge in [-0.3, -0.25) is 14.5 Å². The van der Waals surface area contributed by atoms with Crippen LogP contribution in [0.4, 0.5) is 11.4 Å². The normalized spacial score (nSPS) is 11.2. The topological polar surface area (TPSA) is 106 Å². The monoisotopic (exact) mass is 391 g/mol. The van der Waals surface area contributed by atoms with Gasteiger partial charge in [0.1, 0.15) is 5.15 Å². The number of carbonyl (C=O) groups excluding carboxylic acids is 1. The number of anilines is 2. The predicted molar refractivity (Wildman–Crippen MR) is 97.7 cm³/mol. The van der Waals surface area contributed by atoms with Gasteiger partial charge in [0.2, 0.25) is 5.03 Å². The summed E-state index contributed by atoms with van der Waals surface area (Å²) in [6.07, 6.45) is 4.41. The summed E-state index contributed by atoms with van der Waals surface area (Å²) in [7, 11) is -2.40. The van der Waals surface area contributed by atoms with E-state index >= 15 is 0 Å². The van der Waals surface area contributed by atoms with Crippen molar-refractivity contribution in [3.05, 3.63) is 65.8 Å². The number of sulfonamides is 1. The minimum absolute atomic E-state index is 0.0101. The number of hydrogen-bond donors (Lipinski definition) is 2. The number of nitrogens with one attached hydrogen (secondary N) is 2. The molecule has 0 bridgehead atoms. The number of halogens is 1. The number of aromatic nitrogens is 3. The van der Waals surface area contributed by atoms with Crippen LogP contribution < -0.4 is 10.0 Å². The number of amides is 1. The van der Waals surface area contributed by atoms with Gasteiger partial charge in [0.25, 0.3) is 15.9 Å². The van der Waals surface area contributed by atoms with E-state index in [0.29, 0.717) is 5.69 Å². The quantitative estimate of drug-likeness (QED) is 0.695. The van der Waals surface area contributed by atoms with Crippen LogP contribution >= 0.6 is 11.6 Å². The lowest BCUT2D eigenvalue weighted by Crippen LogP contribution is -2.16. The number of pyridine rings is 1. The van der Waals surface area contributed by atoms with Crippen LogP contribution in [0.1, 0.15) is 10.4 Å². The van der Waals surface area contributed by atoms with Gasteiger partial charge in [0.15, 0.2) is 0 Å². The van der Waals surface area contributed by atoms with Gasteiger partial charge >= 0.3 is 0 Å². The maximum Gasteiger partial charge on any atom is 0.282 e. The largest absolute Gasteiger partial charge is 0.324 e. The molecule has 0 aliphatic carbocycles. The van der Waals surface area contributed by atoms with E-state index in [2.05, 4.69) is 20.0 Å². The second-order valence-electron chi connectivity index (χ2n) is 5.33. The van der Waals surface area contributed by atoms with E-state index in [0.717, 1.165) is 0 Å². The van der Waals surface area contributed by atoms with Crippen molar-refractivity contribution in [2.45, 2.75) is 5.03 Å². The second-order valence-corrected chi connectivity index (χ2v) is 7.28. The maximum atomic E-state index is 12.4. The van der Waals surface area contributed by atoms with E-state index in [1.807, 2.05) is 0 Å². The number of carbonyl (C=O) groups is 1. The third-order valence-electron chi connectivity index (χ3n) is 3.40. The minimum atomic E-state index is -3.98. The summed E-state index contributed by atoms with van der Waals surface area (Å²) in [5.74, 6) is -0.381. The molecule has 2 aromatic heterocycles. The van der Waals surface area contributed by atoms with Crippen LogP contribution in [-0.2, 0) is 17.1 Å². The zero-order chi connectivity index (χ0) is 18.7. The Labute approximate surface area is 154 Å².